The highest BCUT2D eigenvalue weighted by atomic mass is 16.6. The van der Waals surface area contributed by atoms with Gasteiger partial charge in [0.05, 0.1) is 17.1 Å². The fourth-order valence-electron chi connectivity index (χ4n) is 10.1. The molecular formula is C72H75N7O12. The molecule has 6 aromatic heterocycles. The maximum atomic E-state index is 13.5. The first-order chi connectivity index (χ1) is 44.5. The molecule has 0 bridgehead atoms. The summed E-state index contributed by atoms with van der Waals surface area (Å²) in [6.45, 7) is 12.5. The summed E-state index contributed by atoms with van der Waals surface area (Å²) in [5.74, 6) is 0.655. The van der Waals surface area contributed by atoms with E-state index in [4.69, 9.17) is 42.6 Å². The van der Waals surface area contributed by atoms with Gasteiger partial charge in [0, 0.05) is 109 Å². The van der Waals surface area contributed by atoms with Crippen LogP contribution >= 0.6 is 0 Å². The molecule has 0 saturated heterocycles. The number of aromatic nitrogens is 6. The lowest BCUT2D eigenvalue weighted by Gasteiger charge is -2.24. The number of ether oxygens (including phenoxy) is 9. The van der Waals surface area contributed by atoms with Crippen molar-refractivity contribution in [3.63, 3.8) is 0 Å². The van der Waals surface area contributed by atoms with Gasteiger partial charge in [0.25, 0.3) is 0 Å². The molecule has 3 aromatic carbocycles. The molecule has 3 unspecified atom stereocenters. The topological polar surface area (TPSA) is 215 Å². The van der Waals surface area contributed by atoms with E-state index in [1.54, 1.807) is 110 Å². The first kappa shape index (κ1) is 65.2. The second kappa shape index (κ2) is 33.4. The van der Waals surface area contributed by atoms with Crippen molar-refractivity contribution in [1.29, 1.82) is 0 Å². The van der Waals surface area contributed by atoms with Crippen molar-refractivity contribution in [1.82, 2.24) is 34.8 Å². The van der Waals surface area contributed by atoms with Crippen molar-refractivity contribution in [3.8, 4) is 68.3 Å². The Morgan fingerprint density at radius 3 is 0.912 bits per heavy atom. The molecule has 0 radical (unpaired) electrons. The summed E-state index contributed by atoms with van der Waals surface area (Å²) < 4.78 is 55.2. The number of hydrogen-bond donors (Lipinski definition) is 0. The molecule has 470 valence electrons. The van der Waals surface area contributed by atoms with Gasteiger partial charge in [-0.2, -0.15) is 0 Å². The molecular weight excluding hydrogens is 1150 g/mol. The van der Waals surface area contributed by atoms with Gasteiger partial charge in [-0.05, 0) is 148 Å². The number of carbonyl (C=O) groups excluding carboxylic acids is 3. The number of aryl methyl sites for hydroxylation is 3. The van der Waals surface area contributed by atoms with Crippen LogP contribution in [0.25, 0.3) is 33.8 Å². The third kappa shape index (κ3) is 18.6. The highest BCUT2D eigenvalue weighted by molar-refractivity contribution is 5.74. The van der Waals surface area contributed by atoms with Gasteiger partial charge in [0.2, 0.25) is 0 Å². The van der Waals surface area contributed by atoms with Crippen molar-refractivity contribution >= 4 is 17.9 Å². The highest BCUT2D eigenvalue weighted by Crippen LogP contribution is 2.36. The maximum absolute atomic E-state index is 13.5. The molecule has 0 N–H and O–H groups in total. The zero-order valence-electron chi connectivity index (χ0n) is 52.1. The minimum atomic E-state index is -0.592. The predicted molar refractivity (Wildman–Crippen MR) is 343 cm³/mol. The molecule has 0 aliphatic carbocycles. The van der Waals surface area contributed by atoms with Gasteiger partial charge in [-0.15, -0.1) is 0 Å². The van der Waals surface area contributed by atoms with Crippen LogP contribution in [-0.2, 0) is 28.6 Å². The Balaban J connectivity index is 0.828. The van der Waals surface area contributed by atoms with Crippen LogP contribution < -0.4 is 28.4 Å². The Morgan fingerprint density at radius 1 is 0.374 bits per heavy atom. The summed E-state index contributed by atoms with van der Waals surface area (Å²) in [5, 5.41) is 0. The van der Waals surface area contributed by atoms with Crippen LogP contribution in [0.4, 0.5) is 0 Å². The van der Waals surface area contributed by atoms with Crippen LogP contribution in [0, 0.1) is 20.8 Å². The standard InChI is InChI=1S/C72H75N7O12/c1-7-61(55-43-73-28-25-52(55)58-40-49(4)22-31-76-58)89-70(80)46-86-67-19-13-10-16-64(67)83-37-34-79(35-38-84-65-17-11-14-20-68(65)87-47-71(81)90-62(8-2)56-44-74-29-26-53(56)59-41-50(5)23-32-77-59)36-39-85-66-18-12-15-21-69(66)88-48-72(82)91-63(9-3)57-45-75-30-27-54(57)60-42-51(6)24-33-78-60/h10-33,40-45,61-63H,7-9,34-39,46-48H2,1-6H3. The molecule has 19 nitrogen and oxygen atoms in total. The van der Waals surface area contributed by atoms with Crippen LogP contribution in [0.5, 0.6) is 34.5 Å². The van der Waals surface area contributed by atoms with Crippen molar-refractivity contribution in [2.75, 3.05) is 59.3 Å². The maximum Gasteiger partial charge on any atom is 0.344 e. The van der Waals surface area contributed by atoms with E-state index in [-0.39, 0.29) is 39.6 Å². The van der Waals surface area contributed by atoms with E-state index in [9.17, 15) is 14.4 Å². The molecule has 0 fully saturated rings. The number of hydrogen-bond acceptors (Lipinski definition) is 19. The number of carbonyl (C=O) groups is 3. The molecule has 0 saturated carbocycles. The molecule has 6 heterocycles. The van der Waals surface area contributed by atoms with Crippen LogP contribution in [0.1, 0.15) is 91.7 Å². The zero-order valence-corrected chi connectivity index (χ0v) is 52.1. The average molecular weight is 1230 g/mol. The van der Waals surface area contributed by atoms with Gasteiger partial charge in [-0.1, -0.05) is 57.2 Å². The number of pyridine rings is 6. The second-order valence-electron chi connectivity index (χ2n) is 21.3. The highest BCUT2D eigenvalue weighted by Gasteiger charge is 2.25. The number of nitrogens with zero attached hydrogens (tertiary/aromatic N) is 7. The van der Waals surface area contributed by atoms with Crippen molar-refractivity contribution in [2.24, 2.45) is 0 Å². The van der Waals surface area contributed by atoms with Gasteiger partial charge in [-0.25, -0.2) is 14.4 Å². The molecule has 0 aliphatic rings. The van der Waals surface area contributed by atoms with E-state index in [1.165, 1.54) is 0 Å². The van der Waals surface area contributed by atoms with Gasteiger partial charge in [0.15, 0.2) is 54.3 Å². The first-order valence-corrected chi connectivity index (χ1v) is 30.4. The largest absolute Gasteiger partial charge is 0.488 e. The third-order valence-electron chi connectivity index (χ3n) is 14.7. The molecule has 9 rings (SSSR count). The van der Waals surface area contributed by atoms with Crippen molar-refractivity contribution in [2.45, 2.75) is 79.1 Å². The van der Waals surface area contributed by atoms with Gasteiger partial charge < -0.3 is 42.6 Å². The van der Waals surface area contributed by atoms with Crippen LogP contribution in [0.3, 0.4) is 0 Å². The Labute approximate surface area is 530 Å². The number of para-hydroxylation sites is 6. The normalized spacial score (nSPS) is 12.0. The fraction of sp³-hybridized carbons (Fsp3) is 0.292. The van der Waals surface area contributed by atoms with E-state index in [2.05, 4.69) is 34.8 Å². The van der Waals surface area contributed by atoms with Gasteiger partial charge in [-0.3, -0.25) is 34.8 Å². The molecule has 0 amide bonds. The monoisotopic (exact) mass is 1230 g/mol. The number of esters is 3. The third-order valence-corrected chi connectivity index (χ3v) is 14.7. The van der Waals surface area contributed by atoms with E-state index < -0.39 is 36.2 Å². The van der Waals surface area contributed by atoms with E-state index in [0.29, 0.717) is 73.4 Å². The van der Waals surface area contributed by atoms with E-state index in [0.717, 1.165) is 67.2 Å². The summed E-state index contributed by atoms with van der Waals surface area (Å²) in [7, 11) is 0. The summed E-state index contributed by atoms with van der Waals surface area (Å²) in [4.78, 5) is 69.1. The Morgan fingerprint density at radius 2 is 0.648 bits per heavy atom. The second-order valence-corrected chi connectivity index (χ2v) is 21.3. The van der Waals surface area contributed by atoms with Crippen molar-refractivity contribution in [3.05, 3.63) is 217 Å². The predicted octanol–water partition coefficient (Wildman–Crippen LogP) is 13.0. The minimum Gasteiger partial charge on any atom is -0.488 e. The van der Waals surface area contributed by atoms with Crippen molar-refractivity contribution < 1.29 is 57.0 Å². The quantitative estimate of drug-likeness (QED) is 0.0276. The van der Waals surface area contributed by atoms with Crippen LogP contribution in [-0.4, -0.2) is 112 Å². The SMILES string of the molecule is CCC(OC(=O)COc1ccccc1OCCN(CCOc1ccccc1OCC(=O)OC(CC)c1cnccc1-c1cc(C)ccn1)CCOc1ccccc1OCC(=O)OC(CC)c1cnccc1-c1cc(C)ccn1)c1cnccc1-c1cc(C)ccn1. The molecule has 91 heavy (non-hydrogen) atoms. The number of rotatable bonds is 33. The lowest BCUT2D eigenvalue weighted by Crippen LogP contribution is -2.35. The molecule has 3 atom stereocenters. The summed E-state index contributed by atoms with van der Waals surface area (Å²) in [6.07, 6.45) is 15.2. The Kier molecular flexibility index (Phi) is 23.9. The lowest BCUT2D eigenvalue weighted by molar-refractivity contribution is -0.153. The van der Waals surface area contributed by atoms with E-state index >= 15 is 0 Å². The summed E-state index contributed by atoms with van der Waals surface area (Å²) in [5.41, 5.74) is 10.2. The average Bonchev–Trinajstić information content (AvgIpc) is 2.06. The van der Waals surface area contributed by atoms with Gasteiger partial charge in [0.1, 0.15) is 38.1 Å². The fourth-order valence-corrected chi connectivity index (χ4v) is 10.1. The van der Waals surface area contributed by atoms with E-state index in [1.807, 2.05) is 114 Å². The van der Waals surface area contributed by atoms with Crippen LogP contribution in [0.15, 0.2) is 183 Å². The summed E-state index contributed by atoms with van der Waals surface area (Å²) >= 11 is 0. The smallest absolute Gasteiger partial charge is 0.344 e. The molecule has 9 aromatic rings. The molecule has 19 heteroatoms. The molecule has 0 aliphatic heterocycles. The lowest BCUT2D eigenvalue weighted by atomic mass is 9.99. The van der Waals surface area contributed by atoms with Gasteiger partial charge >= 0.3 is 17.9 Å². The zero-order chi connectivity index (χ0) is 63.7. The Bertz CT molecular complexity index is 3460. The summed E-state index contributed by atoms with van der Waals surface area (Å²) in [6, 6.07) is 38.7. The molecule has 0 spiro atoms. The number of benzene rings is 3. The minimum absolute atomic E-state index is 0.199. The first-order valence-electron chi connectivity index (χ1n) is 30.4. The Hall–Kier alpha value is -10.3. The van der Waals surface area contributed by atoms with Crippen LogP contribution in [0.2, 0.25) is 0 Å².